The van der Waals surface area contributed by atoms with Crippen molar-refractivity contribution in [3.8, 4) is 0 Å². The van der Waals surface area contributed by atoms with Crippen LogP contribution >= 0.6 is 12.2 Å². The summed E-state index contributed by atoms with van der Waals surface area (Å²) >= 11 is 5.21. The number of carbonyl (C=O) groups excluding carboxylic acids is 1. The zero-order chi connectivity index (χ0) is 15.9. The monoisotopic (exact) mass is 314 g/mol. The second-order valence-electron chi connectivity index (χ2n) is 4.74. The molecule has 0 bridgehead atoms. The number of likely N-dealkylation sites (N-methyl/N-ethyl adjacent to an activating group) is 1. The van der Waals surface area contributed by atoms with Crippen LogP contribution in [0.4, 0.5) is 11.4 Å². The highest BCUT2D eigenvalue weighted by molar-refractivity contribution is 7.80. The predicted molar refractivity (Wildman–Crippen MR) is 93.2 cm³/mol. The highest BCUT2D eigenvalue weighted by Crippen LogP contribution is 2.13. The van der Waals surface area contributed by atoms with Crippen molar-refractivity contribution in [1.82, 2.24) is 0 Å². The first-order chi connectivity index (χ1) is 10.6. The van der Waals surface area contributed by atoms with E-state index in [9.17, 15) is 4.79 Å². The maximum atomic E-state index is 12.1. The number of nitrogens with zero attached hydrogens (tertiary/aromatic N) is 2. The molecular formula is C17H18N2O2S. The van der Waals surface area contributed by atoms with E-state index in [0.29, 0.717) is 0 Å². The fraction of sp³-hybridized carbons (Fsp3) is 0.176. The molecule has 0 spiro atoms. The third kappa shape index (κ3) is 4.05. The SMILES string of the molecule is CN(C(=O)COC(=S)N(C)c1ccccc1)c1ccccc1. The van der Waals surface area contributed by atoms with E-state index in [2.05, 4.69) is 0 Å². The van der Waals surface area contributed by atoms with Gasteiger partial charge in [-0.2, -0.15) is 0 Å². The van der Waals surface area contributed by atoms with Gasteiger partial charge in [0.2, 0.25) is 0 Å². The molecule has 2 aromatic carbocycles. The van der Waals surface area contributed by atoms with E-state index < -0.39 is 0 Å². The Morgan fingerprint density at radius 2 is 1.36 bits per heavy atom. The van der Waals surface area contributed by atoms with Crippen LogP contribution in [0.2, 0.25) is 0 Å². The Bertz CT molecular complexity index is 574. The van der Waals surface area contributed by atoms with Crippen LogP contribution in [0, 0.1) is 0 Å². The third-order valence-corrected chi connectivity index (χ3v) is 3.65. The average molecular weight is 314 g/mol. The van der Waals surface area contributed by atoms with Gasteiger partial charge >= 0.3 is 0 Å². The number of hydrogen-bond acceptors (Lipinski definition) is 3. The summed E-state index contributed by atoms with van der Waals surface area (Å²) in [5.41, 5.74) is 1.73. The molecule has 2 aromatic rings. The van der Waals surface area contributed by atoms with E-state index in [-0.39, 0.29) is 17.7 Å². The van der Waals surface area contributed by atoms with Gasteiger partial charge in [-0.1, -0.05) is 36.4 Å². The van der Waals surface area contributed by atoms with Gasteiger partial charge in [0.05, 0.1) is 0 Å². The second-order valence-corrected chi connectivity index (χ2v) is 5.09. The van der Waals surface area contributed by atoms with E-state index >= 15 is 0 Å². The number of benzene rings is 2. The first-order valence-electron chi connectivity index (χ1n) is 6.86. The molecule has 0 unspecified atom stereocenters. The van der Waals surface area contributed by atoms with Crippen LogP contribution in [-0.4, -0.2) is 31.8 Å². The number of thiocarbonyl (C=S) groups is 1. The molecule has 5 heteroatoms. The summed E-state index contributed by atoms with van der Waals surface area (Å²) in [5.74, 6) is -0.157. The van der Waals surface area contributed by atoms with E-state index in [1.165, 1.54) is 0 Å². The second kappa shape index (κ2) is 7.56. The zero-order valence-corrected chi connectivity index (χ0v) is 13.4. The van der Waals surface area contributed by atoms with Crippen LogP contribution < -0.4 is 9.80 Å². The number of rotatable bonds is 4. The number of amides is 1. The Morgan fingerprint density at radius 1 is 0.909 bits per heavy atom. The number of para-hydroxylation sites is 2. The Labute approximate surface area is 135 Å². The van der Waals surface area contributed by atoms with Crippen LogP contribution in [0.15, 0.2) is 60.7 Å². The fourth-order valence-electron chi connectivity index (χ4n) is 1.87. The van der Waals surface area contributed by atoms with E-state index in [1.54, 1.807) is 16.8 Å². The lowest BCUT2D eigenvalue weighted by Crippen LogP contribution is -2.34. The molecule has 114 valence electrons. The highest BCUT2D eigenvalue weighted by atomic mass is 32.1. The smallest absolute Gasteiger partial charge is 0.264 e. The van der Waals surface area contributed by atoms with Gasteiger partial charge in [0.25, 0.3) is 11.1 Å². The van der Waals surface area contributed by atoms with Gasteiger partial charge < -0.3 is 14.5 Å². The largest absolute Gasteiger partial charge is 0.461 e. The highest BCUT2D eigenvalue weighted by Gasteiger charge is 2.14. The summed E-state index contributed by atoms with van der Waals surface area (Å²) in [6.45, 7) is -0.0958. The molecule has 0 aliphatic heterocycles. The molecule has 0 atom stereocenters. The summed E-state index contributed by atoms with van der Waals surface area (Å²) in [4.78, 5) is 15.4. The molecule has 0 aliphatic carbocycles. The van der Waals surface area contributed by atoms with Crippen molar-refractivity contribution in [2.24, 2.45) is 0 Å². The van der Waals surface area contributed by atoms with Gasteiger partial charge in [0.1, 0.15) is 0 Å². The molecule has 0 fully saturated rings. The molecule has 0 saturated carbocycles. The van der Waals surface area contributed by atoms with Crippen molar-refractivity contribution >= 4 is 34.7 Å². The predicted octanol–water partition coefficient (Wildman–Crippen LogP) is 3.09. The van der Waals surface area contributed by atoms with Crippen LogP contribution in [-0.2, 0) is 9.53 Å². The maximum Gasteiger partial charge on any atom is 0.264 e. The summed E-state index contributed by atoms with van der Waals surface area (Å²) in [5, 5.41) is 0.265. The quantitative estimate of drug-likeness (QED) is 0.812. The normalized spacial score (nSPS) is 9.91. The van der Waals surface area contributed by atoms with Gasteiger partial charge in [-0.05, 0) is 36.5 Å². The number of anilines is 2. The topological polar surface area (TPSA) is 32.8 Å². The van der Waals surface area contributed by atoms with Crippen molar-refractivity contribution in [3.05, 3.63) is 60.7 Å². The number of hydrogen-bond donors (Lipinski definition) is 0. The Kier molecular flexibility index (Phi) is 5.49. The summed E-state index contributed by atoms with van der Waals surface area (Å²) in [6.07, 6.45) is 0. The van der Waals surface area contributed by atoms with Gasteiger partial charge in [0, 0.05) is 25.5 Å². The van der Waals surface area contributed by atoms with Crippen molar-refractivity contribution < 1.29 is 9.53 Å². The van der Waals surface area contributed by atoms with Crippen molar-refractivity contribution in [2.45, 2.75) is 0 Å². The van der Waals surface area contributed by atoms with Gasteiger partial charge in [0.15, 0.2) is 6.61 Å². The van der Waals surface area contributed by atoms with Crippen molar-refractivity contribution in [1.29, 1.82) is 0 Å². The van der Waals surface area contributed by atoms with Gasteiger partial charge in [-0.25, -0.2) is 0 Å². The lowest BCUT2D eigenvalue weighted by atomic mass is 10.3. The van der Waals surface area contributed by atoms with Crippen molar-refractivity contribution in [3.63, 3.8) is 0 Å². The molecule has 0 aromatic heterocycles. The van der Waals surface area contributed by atoms with Gasteiger partial charge in [-0.3, -0.25) is 4.79 Å². The van der Waals surface area contributed by atoms with E-state index in [1.807, 2.05) is 67.7 Å². The van der Waals surface area contributed by atoms with E-state index in [4.69, 9.17) is 17.0 Å². The molecule has 4 nitrogen and oxygen atoms in total. The van der Waals surface area contributed by atoms with Crippen LogP contribution in [0.3, 0.4) is 0 Å². The Balaban J connectivity index is 1.89. The molecule has 0 N–H and O–H groups in total. The first kappa shape index (κ1) is 16.0. The summed E-state index contributed by atoms with van der Waals surface area (Å²) in [7, 11) is 3.52. The standard InChI is InChI=1S/C17H18N2O2S/c1-18(14-9-5-3-6-10-14)16(20)13-21-17(22)19(2)15-11-7-4-8-12-15/h3-12H,13H2,1-2H3. The number of ether oxygens (including phenoxy) is 1. The molecule has 0 radical (unpaired) electrons. The maximum absolute atomic E-state index is 12.1. The molecule has 0 saturated heterocycles. The van der Waals surface area contributed by atoms with Crippen LogP contribution in [0.1, 0.15) is 0 Å². The summed E-state index contributed by atoms with van der Waals surface area (Å²) in [6, 6.07) is 19.0. The molecule has 1 amide bonds. The first-order valence-corrected chi connectivity index (χ1v) is 7.27. The average Bonchev–Trinajstić information content (AvgIpc) is 2.59. The Hall–Kier alpha value is -2.40. The van der Waals surface area contributed by atoms with Crippen molar-refractivity contribution in [2.75, 3.05) is 30.5 Å². The van der Waals surface area contributed by atoms with E-state index in [0.717, 1.165) is 11.4 Å². The zero-order valence-electron chi connectivity index (χ0n) is 12.6. The molecule has 2 rings (SSSR count). The number of carbonyl (C=O) groups is 1. The molecule has 0 heterocycles. The molecular weight excluding hydrogens is 296 g/mol. The van der Waals surface area contributed by atoms with Crippen LogP contribution in [0.5, 0.6) is 0 Å². The van der Waals surface area contributed by atoms with Gasteiger partial charge in [-0.15, -0.1) is 0 Å². The Morgan fingerprint density at radius 3 is 1.86 bits per heavy atom. The summed E-state index contributed by atoms with van der Waals surface area (Å²) < 4.78 is 5.43. The minimum absolute atomic E-state index is 0.0958. The lowest BCUT2D eigenvalue weighted by Gasteiger charge is -2.22. The lowest BCUT2D eigenvalue weighted by molar-refractivity contribution is -0.120. The third-order valence-electron chi connectivity index (χ3n) is 3.25. The molecule has 22 heavy (non-hydrogen) atoms. The minimum atomic E-state index is -0.157. The minimum Gasteiger partial charge on any atom is -0.461 e. The molecule has 0 aliphatic rings. The van der Waals surface area contributed by atoms with Crippen LogP contribution in [0.25, 0.3) is 0 Å². The fourth-order valence-corrected chi connectivity index (χ4v) is 2.03.